The quantitative estimate of drug-likeness (QED) is 0.601. The number of carbonyl (C=O) groups is 1. The number of hydrazone groups is 1. The van der Waals surface area contributed by atoms with Crippen LogP contribution in [0.2, 0.25) is 0 Å². The third kappa shape index (κ3) is 1.42. The van der Waals surface area contributed by atoms with Crippen molar-refractivity contribution in [3.05, 3.63) is 0 Å². The minimum atomic E-state index is 0.0639. The van der Waals surface area contributed by atoms with E-state index in [4.69, 9.17) is 0 Å². The molecule has 0 radical (unpaired) electrons. The van der Waals surface area contributed by atoms with Crippen LogP contribution in [0.1, 0.15) is 19.8 Å². The van der Waals surface area contributed by atoms with E-state index in [9.17, 15) is 4.79 Å². The number of nitrogens with one attached hydrogen (secondary N) is 2. The van der Waals surface area contributed by atoms with Crippen molar-refractivity contribution in [2.75, 3.05) is 6.54 Å². The molecule has 2 N–H and O–H groups in total. The first-order valence-electron chi connectivity index (χ1n) is 4.34. The summed E-state index contributed by atoms with van der Waals surface area (Å²) in [4.78, 5) is 10.7. The van der Waals surface area contributed by atoms with E-state index in [0.717, 1.165) is 19.4 Å². The zero-order valence-electron chi connectivity index (χ0n) is 7.13. The van der Waals surface area contributed by atoms with Crippen LogP contribution in [0.15, 0.2) is 5.10 Å². The molecule has 0 aromatic heterocycles. The highest BCUT2D eigenvalue weighted by atomic mass is 16.1. The summed E-state index contributed by atoms with van der Waals surface area (Å²) in [6.45, 7) is 2.52. The summed E-state index contributed by atoms with van der Waals surface area (Å²) >= 11 is 0. The summed E-state index contributed by atoms with van der Waals surface area (Å²) in [6, 6.07) is 0.362. The van der Waals surface area contributed by atoms with Crippen LogP contribution in [0.25, 0.3) is 0 Å². The van der Waals surface area contributed by atoms with Gasteiger partial charge in [-0.05, 0) is 6.42 Å². The second-order valence-corrected chi connectivity index (χ2v) is 3.41. The van der Waals surface area contributed by atoms with Crippen LogP contribution in [0.4, 0.5) is 0 Å². The molecule has 1 aliphatic carbocycles. The molecule has 0 saturated heterocycles. The van der Waals surface area contributed by atoms with Crippen molar-refractivity contribution in [1.29, 1.82) is 0 Å². The SMILES string of the molecule is CC(=O)NC1CC1C1=NNCC1. The fraction of sp³-hybridized carbons (Fsp3) is 0.750. The number of hydrogen-bond donors (Lipinski definition) is 2. The van der Waals surface area contributed by atoms with Gasteiger partial charge in [-0.2, -0.15) is 5.10 Å². The summed E-state index contributed by atoms with van der Waals surface area (Å²) in [5.74, 6) is 0.581. The van der Waals surface area contributed by atoms with Crippen molar-refractivity contribution >= 4 is 11.6 Å². The third-order valence-electron chi connectivity index (χ3n) is 2.32. The molecule has 2 rings (SSSR count). The largest absolute Gasteiger partial charge is 0.353 e. The third-order valence-corrected chi connectivity index (χ3v) is 2.32. The zero-order valence-corrected chi connectivity index (χ0v) is 7.13. The first-order chi connectivity index (χ1) is 5.77. The van der Waals surface area contributed by atoms with Gasteiger partial charge in [-0.3, -0.25) is 4.79 Å². The lowest BCUT2D eigenvalue weighted by Gasteiger charge is -1.98. The number of carbonyl (C=O) groups excluding carboxylic acids is 1. The maximum Gasteiger partial charge on any atom is 0.217 e. The van der Waals surface area contributed by atoms with Crippen LogP contribution in [0, 0.1) is 5.92 Å². The predicted molar refractivity (Wildman–Crippen MR) is 45.8 cm³/mol. The van der Waals surface area contributed by atoms with Crippen LogP contribution < -0.4 is 10.7 Å². The molecule has 0 aromatic carbocycles. The molecular formula is C8H13N3O. The van der Waals surface area contributed by atoms with Gasteiger partial charge in [0.15, 0.2) is 0 Å². The average Bonchev–Trinajstić information content (AvgIpc) is 2.59. The molecule has 12 heavy (non-hydrogen) atoms. The predicted octanol–water partition coefficient (Wildman–Crippen LogP) is -0.140. The van der Waals surface area contributed by atoms with Crippen molar-refractivity contribution in [2.24, 2.45) is 11.0 Å². The van der Waals surface area contributed by atoms with Gasteiger partial charge in [-0.25, -0.2) is 0 Å². The second kappa shape index (κ2) is 2.77. The Labute approximate surface area is 71.4 Å². The summed E-state index contributed by atoms with van der Waals surface area (Å²) in [5, 5.41) is 7.07. The first kappa shape index (κ1) is 7.58. The molecule has 4 nitrogen and oxygen atoms in total. The molecule has 1 saturated carbocycles. The maximum atomic E-state index is 10.7. The Balaban J connectivity index is 1.83. The van der Waals surface area contributed by atoms with Gasteiger partial charge in [0.2, 0.25) is 5.91 Å². The van der Waals surface area contributed by atoms with Gasteiger partial charge in [0.1, 0.15) is 0 Å². The number of hydrogen-bond acceptors (Lipinski definition) is 3. The maximum absolute atomic E-state index is 10.7. The highest BCUT2D eigenvalue weighted by molar-refractivity contribution is 5.91. The zero-order chi connectivity index (χ0) is 8.55. The smallest absolute Gasteiger partial charge is 0.217 e. The van der Waals surface area contributed by atoms with Crippen LogP contribution in [0.5, 0.6) is 0 Å². The summed E-state index contributed by atoms with van der Waals surface area (Å²) in [7, 11) is 0. The van der Waals surface area contributed by atoms with Gasteiger partial charge in [-0.15, -0.1) is 0 Å². The van der Waals surface area contributed by atoms with Gasteiger partial charge < -0.3 is 10.7 Å². The van der Waals surface area contributed by atoms with E-state index in [0.29, 0.717) is 12.0 Å². The van der Waals surface area contributed by atoms with Crippen molar-refractivity contribution in [2.45, 2.75) is 25.8 Å². The molecule has 0 bridgehead atoms. The van der Waals surface area contributed by atoms with E-state index in [1.807, 2.05) is 0 Å². The van der Waals surface area contributed by atoms with Crippen molar-refractivity contribution in [3.8, 4) is 0 Å². The molecule has 1 heterocycles. The Morgan fingerprint density at radius 3 is 3.17 bits per heavy atom. The van der Waals surface area contributed by atoms with E-state index in [1.165, 1.54) is 5.71 Å². The van der Waals surface area contributed by atoms with Crippen LogP contribution in [0.3, 0.4) is 0 Å². The van der Waals surface area contributed by atoms with Crippen LogP contribution in [-0.2, 0) is 4.79 Å². The minimum absolute atomic E-state index is 0.0639. The van der Waals surface area contributed by atoms with E-state index in [-0.39, 0.29) is 5.91 Å². The molecule has 2 unspecified atom stereocenters. The molecule has 2 aliphatic rings. The topological polar surface area (TPSA) is 53.5 Å². The van der Waals surface area contributed by atoms with Gasteiger partial charge in [0.25, 0.3) is 0 Å². The molecule has 0 aromatic rings. The van der Waals surface area contributed by atoms with Gasteiger partial charge in [-0.1, -0.05) is 0 Å². The number of amides is 1. The Kier molecular flexibility index (Phi) is 1.75. The van der Waals surface area contributed by atoms with Gasteiger partial charge in [0, 0.05) is 37.6 Å². The lowest BCUT2D eigenvalue weighted by Crippen LogP contribution is -2.25. The lowest BCUT2D eigenvalue weighted by atomic mass is 10.2. The van der Waals surface area contributed by atoms with Crippen molar-refractivity contribution in [3.63, 3.8) is 0 Å². The molecule has 4 heteroatoms. The standard InChI is InChI=1S/C8H13N3O/c1-5(12)10-8-4-6(8)7-2-3-9-11-7/h6,8-9H,2-4H2,1H3,(H,10,12). The molecular weight excluding hydrogens is 154 g/mol. The van der Waals surface area contributed by atoms with Gasteiger partial charge in [0.05, 0.1) is 0 Å². The number of rotatable bonds is 2. The van der Waals surface area contributed by atoms with Crippen molar-refractivity contribution < 1.29 is 4.79 Å². The van der Waals surface area contributed by atoms with E-state index in [1.54, 1.807) is 6.92 Å². The highest BCUT2D eigenvalue weighted by Crippen LogP contribution is 2.33. The van der Waals surface area contributed by atoms with Crippen LogP contribution >= 0.6 is 0 Å². The molecule has 2 atom stereocenters. The molecule has 1 aliphatic heterocycles. The van der Waals surface area contributed by atoms with E-state index in [2.05, 4.69) is 15.8 Å². The van der Waals surface area contributed by atoms with Crippen LogP contribution in [-0.4, -0.2) is 24.2 Å². The summed E-state index contributed by atoms with van der Waals surface area (Å²) < 4.78 is 0. The monoisotopic (exact) mass is 167 g/mol. The Morgan fingerprint density at radius 2 is 2.58 bits per heavy atom. The van der Waals surface area contributed by atoms with Gasteiger partial charge >= 0.3 is 0 Å². The Morgan fingerprint density at radius 1 is 1.75 bits per heavy atom. The fourth-order valence-corrected chi connectivity index (χ4v) is 1.65. The molecule has 0 spiro atoms. The Hall–Kier alpha value is -1.06. The molecule has 1 amide bonds. The van der Waals surface area contributed by atoms with Crippen molar-refractivity contribution in [1.82, 2.24) is 10.7 Å². The molecule has 66 valence electrons. The minimum Gasteiger partial charge on any atom is -0.353 e. The van der Waals surface area contributed by atoms with E-state index >= 15 is 0 Å². The van der Waals surface area contributed by atoms with E-state index < -0.39 is 0 Å². The lowest BCUT2D eigenvalue weighted by molar-refractivity contribution is -0.119. The summed E-state index contributed by atoms with van der Waals surface area (Å²) in [6.07, 6.45) is 2.11. The fourth-order valence-electron chi connectivity index (χ4n) is 1.65. The Bertz CT molecular complexity index is 236. The summed E-state index contributed by atoms with van der Waals surface area (Å²) in [5.41, 5.74) is 4.17. The first-order valence-corrected chi connectivity index (χ1v) is 4.34. The normalized spacial score (nSPS) is 32.2. The second-order valence-electron chi connectivity index (χ2n) is 3.41. The highest BCUT2D eigenvalue weighted by Gasteiger charge is 2.42. The average molecular weight is 167 g/mol. The number of nitrogens with zero attached hydrogens (tertiary/aromatic N) is 1. The molecule has 1 fully saturated rings.